The lowest BCUT2D eigenvalue weighted by atomic mass is 9.99. The van der Waals surface area contributed by atoms with Gasteiger partial charge in [-0.3, -0.25) is 14.6 Å². The number of unbranched alkanes of at least 4 members (excludes halogenated alkanes) is 1. The Morgan fingerprint density at radius 3 is 2.26 bits per heavy atom. The van der Waals surface area contributed by atoms with Gasteiger partial charge in [-0.05, 0) is 49.1 Å². The van der Waals surface area contributed by atoms with E-state index in [4.69, 9.17) is 5.73 Å². The zero-order chi connectivity index (χ0) is 25.1. The molecule has 0 aliphatic heterocycles. The highest BCUT2D eigenvalue weighted by atomic mass is 19.4. The minimum Gasteiger partial charge on any atom is -0.370 e. The first-order valence-electron chi connectivity index (χ1n) is 9.98. The van der Waals surface area contributed by atoms with E-state index < -0.39 is 46.3 Å². The van der Waals surface area contributed by atoms with Crippen molar-refractivity contribution >= 4 is 5.91 Å². The van der Waals surface area contributed by atoms with Crippen LogP contribution in [0.25, 0.3) is 22.8 Å². The smallest absolute Gasteiger partial charge is 0.370 e. The average molecular weight is 484 g/mol. The maximum absolute atomic E-state index is 13.7. The lowest BCUT2D eigenvalue weighted by molar-refractivity contribution is -0.138. The van der Waals surface area contributed by atoms with E-state index in [0.717, 1.165) is 24.3 Å². The van der Waals surface area contributed by atoms with Crippen molar-refractivity contribution in [1.29, 1.82) is 0 Å². The quantitative estimate of drug-likeness (QED) is 0.374. The van der Waals surface area contributed by atoms with Gasteiger partial charge in [-0.1, -0.05) is 6.07 Å². The highest BCUT2D eigenvalue weighted by Gasteiger charge is 2.34. The third-order valence-corrected chi connectivity index (χ3v) is 4.88. The fourth-order valence-electron chi connectivity index (χ4n) is 3.25. The fourth-order valence-corrected chi connectivity index (χ4v) is 3.25. The van der Waals surface area contributed by atoms with Crippen LogP contribution >= 0.6 is 0 Å². The summed E-state index contributed by atoms with van der Waals surface area (Å²) in [4.78, 5) is 33.0. The molecular formula is C22H18F6N4O2. The molecule has 0 bridgehead atoms. The van der Waals surface area contributed by atoms with Gasteiger partial charge in [0.15, 0.2) is 0 Å². The van der Waals surface area contributed by atoms with Crippen LogP contribution in [0, 0.1) is 0 Å². The van der Waals surface area contributed by atoms with Gasteiger partial charge in [0.1, 0.15) is 5.82 Å². The second-order valence-corrected chi connectivity index (χ2v) is 7.46. The number of aromatic amines is 1. The molecule has 3 rings (SSSR count). The summed E-state index contributed by atoms with van der Waals surface area (Å²) in [6.07, 6.45) is -7.40. The Kier molecular flexibility index (Phi) is 7.08. The van der Waals surface area contributed by atoms with Gasteiger partial charge in [0.05, 0.1) is 22.5 Å². The van der Waals surface area contributed by atoms with Crippen molar-refractivity contribution in [1.82, 2.24) is 15.0 Å². The van der Waals surface area contributed by atoms with E-state index in [0.29, 0.717) is 31.0 Å². The number of halogens is 6. The van der Waals surface area contributed by atoms with E-state index in [9.17, 15) is 35.9 Å². The summed E-state index contributed by atoms with van der Waals surface area (Å²) in [6.45, 7) is 0. The number of nitrogens with two attached hydrogens (primary N) is 1. The number of amides is 1. The van der Waals surface area contributed by atoms with Gasteiger partial charge in [-0.25, -0.2) is 4.98 Å². The molecule has 180 valence electrons. The van der Waals surface area contributed by atoms with Crippen molar-refractivity contribution in [3.63, 3.8) is 0 Å². The Morgan fingerprint density at radius 1 is 0.941 bits per heavy atom. The van der Waals surface area contributed by atoms with Crippen molar-refractivity contribution in [3.05, 3.63) is 69.6 Å². The Balaban J connectivity index is 2.02. The van der Waals surface area contributed by atoms with Gasteiger partial charge in [-0.2, -0.15) is 26.3 Å². The number of pyridine rings is 1. The fraction of sp³-hybridized carbons (Fsp3) is 0.273. The third kappa shape index (κ3) is 6.21. The van der Waals surface area contributed by atoms with Crippen LogP contribution in [0.3, 0.4) is 0 Å². The minimum absolute atomic E-state index is 0.114. The number of nitrogens with one attached hydrogen (secondary N) is 1. The predicted octanol–water partition coefficient (Wildman–Crippen LogP) is 4.73. The number of carbonyl (C=O) groups excluding carboxylic acids is 1. The first-order chi connectivity index (χ1) is 15.8. The predicted molar refractivity (Wildman–Crippen MR) is 110 cm³/mol. The molecule has 1 amide bonds. The molecule has 0 saturated heterocycles. The van der Waals surface area contributed by atoms with Crippen LogP contribution in [-0.4, -0.2) is 20.9 Å². The molecule has 3 N–H and O–H groups in total. The molecule has 1 aromatic carbocycles. The molecule has 0 aliphatic carbocycles. The number of nitrogens with zero attached hydrogens (tertiary/aromatic N) is 2. The number of hydrogen-bond acceptors (Lipinski definition) is 4. The molecule has 0 aliphatic rings. The molecule has 2 aromatic heterocycles. The Morgan fingerprint density at radius 2 is 1.68 bits per heavy atom. The number of benzene rings is 1. The maximum Gasteiger partial charge on any atom is 0.417 e. The summed E-state index contributed by atoms with van der Waals surface area (Å²) in [5, 5.41) is 0. The summed E-state index contributed by atoms with van der Waals surface area (Å²) >= 11 is 0. The van der Waals surface area contributed by atoms with Crippen LogP contribution in [0.4, 0.5) is 26.3 Å². The summed E-state index contributed by atoms with van der Waals surface area (Å²) in [5.74, 6) is -0.890. The highest BCUT2D eigenvalue weighted by Crippen LogP contribution is 2.37. The van der Waals surface area contributed by atoms with Crippen molar-refractivity contribution in [2.45, 2.75) is 38.0 Å². The Hall–Kier alpha value is -3.70. The van der Waals surface area contributed by atoms with E-state index >= 15 is 0 Å². The second kappa shape index (κ2) is 9.65. The number of aryl methyl sites for hydroxylation is 1. The summed E-state index contributed by atoms with van der Waals surface area (Å²) in [7, 11) is 0. The Labute approximate surface area is 188 Å². The maximum atomic E-state index is 13.7. The zero-order valence-corrected chi connectivity index (χ0v) is 17.4. The molecule has 0 radical (unpaired) electrons. The molecule has 0 fully saturated rings. The molecule has 0 saturated carbocycles. The van der Waals surface area contributed by atoms with Crippen LogP contribution in [0.5, 0.6) is 0 Å². The summed E-state index contributed by atoms with van der Waals surface area (Å²) in [5.41, 5.74) is 2.01. The zero-order valence-electron chi connectivity index (χ0n) is 17.4. The number of hydrogen-bond donors (Lipinski definition) is 2. The van der Waals surface area contributed by atoms with Crippen molar-refractivity contribution in [3.8, 4) is 22.8 Å². The van der Waals surface area contributed by atoms with Gasteiger partial charge in [0.2, 0.25) is 5.91 Å². The van der Waals surface area contributed by atoms with Crippen molar-refractivity contribution in [2.24, 2.45) is 5.73 Å². The number of alkyl halides is 6. The first kappa shape index (κ1) is 24.9. The molecule has 6 nitrogen and oxygen atoms in total. The average Bonchev–Trinajstić information content (AvgIpc) is 2.75. The molecule has 3 aromatic rings. The lowest BCUT2D eigenvalue weighted by Crippen LogP contribution is -2.13. The van der Waals surface area contributed by atoms with Gasteiger partial charge < -0.3 is 10.7 Å². The molecular weight excluding hydrogens is 466 g/mol. The molecule has 2 heterocycles. The number of primary amides is 1. The first-order valence-corrected chi connectivity index (χ1v) is 9.98. The van der Waals surface area contributed by atoms with Gasteiger partial charge in [0, 0.05) is 24.2 Å². The summed E-state index contributed by atoms with van der Waals surface area (Å²) in [6, 6.07) is 6.03. The Bertz CT molecular complexity index is 1230. The monoisotopic (exact) mass is 484 g/mol. The van der Waals surface area contributed by atoms with Crippen molar-refractivity contribution < 1.29 is 31.1 Å². The third-order valence-electron chi connectivity index (χ3n) is 4.88. The molecule has 0 unspecified atom stereocenters. The lowest BCUT2D eigenvalue weighted by Gasteiger charge is -2.15. The van der Waals surface area contributed by atoms with E-state index in [-0.39, 0.29) is 17.8 Å². The SMILES string of the molecule is NC(=O)CCCCc1ccc(C(F)(F)F)c(-c2nc(-c3ccc(C(F)(F)F)cn3)cc(=O)[nH]2)c1. The van der Waals surface area contributed by atoms with Gasteiger partial charge >= 0.3 is 12.4 Å². The second-order valence-electron chi connectivity index (χ2n) is 7.46. The minimum atomic E-state index is -4.76. The van der Waals surface area contributed by atoms with E-state index in [2.05, 4.69) is 15.0 Å². The van der Waals surface area contributed by atoms with Crippen LogP contribution in [0.15, 0.2) is 47.4 Å². The van der Waals surface area contributed by atoms with Gasteiger partial charge in [-0.15, -0.1) is 0 Å². The molecule has 34 heavy (non-hydrogen) atoms. The number of aromatic nitrogens is 3. The van der Waals surface area contributed by atoms with Crippen LogP contribution in [-0.2, 0) is 23.6 Å². The van der Waals surface area contributed by atoms with Crippen LogP contribution < -0.4 is 11.3 Å². The normalized spacial score (nSPS) is 12.1. The standard InChI is InChI=1S/C22H18F6N4O2/c23-21(24,25)13-6-8-16(30-11-13)17-10-19(34)32-20(31-17)14-9-12(3-1-2-4-18(29)33)5-7-15(14)22(26,27)28/h5-11H,1-4H2,(H2,29,33)(H,31,32,34). The molecule has 0 spiro atoms. The van der Waals surface area contributed by atoms with E-state index in [1.807, 2.05) is 0 Å². The van der Waals surface area contributed by atoms with E-state index in [1.165, 1.54) is 12.1 Å². The molecule has 12 heteroatoms. The molecule has 0 atom stereocenters. The van der Waals surface area contributed by atoms with Crippen LogP contribution in [0.1, 0.15) is 36.0 Å². The summed E-state index contributed by atoms with van der Waals surface area (Å²) < 4.78 is 79.3. The highest BCUT2D eigenvalue weighted by molar-refractivity contribution is 5.73. The largest absolute Gasteiger partial charge is 0.417 e. The van der Waals surface area contributed by atoms with E-state index in [1.54, 1.807) is 0 Å². The number of H-pyrrole nitrogens is 1. The number of carbonyl (C=O) groups is 1. The van der Waals surface area contributed by atoms with Gasteiger partial charge in [0.25, 0.3) is 5.56 Å². The topological polar surface area (TPSA) is 102 Å². The van der Waals surface area contributed by atoms with Crippen LogP contribution in [0.2, 0.25) is 0 Å². The van der Waals surface area contributed by atoms with Crippen molar-refractivity contribution in [2.75, 3.05) is 0 Å². The number of rotatable bonds is 7.